The highest BCUT2D eigenvalue weighted by Crippen LogP contribution is 2.54. The van der Waals surface area contributed by atoms with Gasteiger partial charge in [0.1, 0.15) is 0 Å². The first-order chi connectivity index (χ1) is 17.4. The topological polar surface area (TPSA) is 97.4 Å². The molecule has 8 nitrogen and oxygen atoms in total. The molecular formula is C28H24O8. The van der Waals surface area contributed by atoms with Crippen molar-refractivity contribution in [1.82, 2.24) is 0 Å². The van der Waals surface area contributed by atoms with Gasteiger partial charge in [0.25, 0.3) is 0 Å². The van der Waals surface area contributed by atoms with E-state index in [1.807, 2.05) is 60.7 Å². The van der Waals surface area contributed by atoms with Crippen LogP contribution in [-0.4, -0.2) is 31.6 Å². The number of benzene rings is 3. The number of hydrogen-bond donors (Lipinski definition) is 0. The van der Waals surface area contributed by atoms with Gasteiger partial charge in [-0.05, 0) is 19.1 Å². The van der Waals surface area contributed by atoms with Gasteiger partial charge in [-0.1, -0.05) is 60.7 Å². The number of rotatable bonds is 7. The molecule has 8 heteroatoms. The van der Waals surface area contributed by atoms with Gasteiger partial charge in [0.05, 0.1) is 19.3 Å². The van der Waals surface area contributed by atoms with Crippen LogP contribution in [0.5, 0.6) is 17.2 Å². The van der Waals surface area contributed by atoms with Crippen LogP contribution in [0.4, 0.5) is 0 Å². The lowest BCUT2D eigenvalue weighted by Gasteiger charge is -2.28. The van der Waals surface area contributed by atoms with E-state index in [0.717, 1.165) is 6.08 Å². The molecule has 1 aliphatic heterocycles. The maximum atomic E-state index is 12.7. The lowest BCUT2D eigenvalue weighted by molar-refractivity contribution is -0.137. The van der Waals surface area contributed by atoms with Crippen LogP contribution in [0, 0.1) is 0 Å². The first-order valence-corrected chi connectivity index (χ1v) is 11.2. The Morgan fingerprint density at radius 1 is 0.944 bits per heavy atom. The van der Waals surface area contributed by atoms with Crippen molar-refractivity contribution in [2.45, 2.75) is 19.6 Å². The van der Waals surface area contributed by atoms with Crippen LogP contribution < -0.4 is 14.2 Å². The summed E-state index contributed by atoms with van der Waals surface area (Å²) in [6.45, 7) is 3.05. The Kier molecular flexibility index (Phi) is 7.05. The smallest absolute Gasteiger partial charge is 0.338 e. The zero-order valence-electron chi connectivity index (χ0n) is 20.0. The number of ether oxygens (including phenoxy) is 5. The molecule has 0 radical (unpaired) electrons. The first kappa shape index (κ1) is 24.5. The van der Waals surface area contributed by atoms with Gasteiger partial charge in [-0.15, -0.1) is 0 Å². The average Bonchev–Trinajstić information content (AvgIpc) is 3.29. The van der Waals surface area contributed by atoms with E-state index in [1.54, 1.807) is 6.92 Å². The summed E-state index contributed by atoms with van der Waals surface area (Å²) >= 11 is 0. The molecule has 0 atom stereocenters. The fourth-order valence-electron chi connectivity index (χ4n) is 3.87. The molecule has 0 saturated carbocycles. The summed E-state index contributed by atoms with van der Waals surface area (Å²) in [6.07, 6.45) is 2.44. The van der Waals surface area contributed by atoms with Gasteiger partial charge in [-0.25, -0.2) is 9.59 Å². The molecule has 0 aliphatic carbocycles. The summed E-state index contributed by atoms with van der Waals surface area (Å²) < 4.78 is 28.3. The summed E-state index contributed by atoms with van der Waals surface area (Å²) in [6, 6.07) is 19.9. The normalized spacial score (nSPS) is 13.3. The minimum absolute atomic E-state index is 0.00794. The van der Waals surface area contributed by atoms with Crippen LogP contribution in [-0.2, 0) is 24.8 Å². The van der Waals surface area contributed by atoms with Crippen molar-refractivity contribution in [2.24, 2.45) is 0 Å². The molecule has 1 aliphatic rings. The largest absolute Gasteiger partial charge is 0.465 e. The second kappa shape index (κ2) is 10.4. The van der Waals surface area contributed by atoms with E-state index in [9.17, 15) is 14.4 Å². The van der Waals surface area contributed by atoms with E-state index < -0.39 is 23.7 Å². The van der Waals surface area contributed by atoms with Gasteiger partial charge >= 0.3 is 23.7 Å². The summed E-state index contributed by atoms with van der Waals surface area (Å²) in [5.74, 6) is -3.30. The van der Waals surface area contributed by atoms with Gasteiger partial charge in [0, 0.05) is 29.7 Å². The lowest BCUT2D eigenvalue weighted by atomic mass is 9.97. The number of fused-ring (bicyclic) bond motifs is 1. The third kappa shape index (κ3) is 4.65. The van der Waals surface area contributed by atoms with Gasteiger partial charge < -0.3 is 23.7 Å². The lowest BCUT2D eigenvalue weighted by Crippen LogP contribution is -2.36. The van der Waals surface area contributed by atoms with E-state index >= 15 is 0 Å². The summed E-state index contributed by atoms with van der Waals surface area (Å²) in [5, 5.41) is 0. The summed E-state index contributed by atoms with van der Waals surface area (Å²) in [4.78, 5) is 36.9. The van der Waals surface area contributed by atoms with E-state index in [-0.39, 0.29) is 35.0 Å². The van der Waals surface area contributed by atoms with Crippen molar-refractivity contribution in [3.05, 3.63) is 95.1 Å². The van der Waals surface area contributed by atoms with Gasteiger partial charge in [-0.2, -0.15) is 0 Å². The molecule has 4 rings (SSSR count). The van der Waals surface area contributed by atoms with Gasteiger partial charge in [-0.3, -0.25) is 4.79 Å². The highest BCUT2D eigenvalue weighted by molar-refractivity contribution is 5.99. The number of methoxy groups -OCH3 is 1. The number of carbonyl (C=O) groups is 3. The van der Waals surface area contributed by atoms with Crippen LogP contribution in [0.3, 0.4) is 0 Å². The van der Waals surface area contributed by atoms with Crippen LogP contribution in [0.15, 0.2) is 72.8 Å². The van der Waals surface area contributed by atoms with Crippen molar-refractivity contribution < 1.29 is 38.1 Å². The predicted octanol–water partition coefficient (Wildman–Crippen LogP) is 4.65. The Bertz CT molecular complexity index is 1270. The van der Waals surface area contributed by atoms with Crippen LogP contribution in [0.2, 0.25) is 0 Å². The molecule has 0 amide bonds. The molecule has 3 aromatic rings. The maximum absolute atomic E-state index is 12.7. The molecule has 0 fully saturated rings. The molecule has 36 heavy (non-hydrogen) atoms. The molecule has 0 N–H and O–H groups in total. The van der Waals surface area contributed by atoms with E-state index in [4.69, 9.17) is 23.7 Å². The quantitative estimate of drug-likeness (QED) is 0.269. The molecule has 0 aromatic heterocycles. The fraction of sp³-hybridized carbons (Fsp3) is 0.179. The Hall–Kier alpha value is -4.59. The zero-order valence-corrected chi connectivity index (χ0v) is 20.0. The number of carbonyl (C=O) groups excluding carboxylic acids is 3. The highest BCUT2D eigenvalue weighted by atomic mass is 16.7. The average molecular weight is 488 g/mol. The summed E-state index contributed by atoms with van der Waals surface area (Å²) in [7, 11) is 1.22. The molecule has 0 saturated heterocycles. The molecule has 184 valence electrons. The third-order valence-corrected chi connectivity index (χ3v) is 5.37. The van der Waals surface area contributed by atoms with Crippen molar-refractivity contribution in [3.8, 4) is 17.2 Å². The van der Waals surface area contributed by atoms with E-state index in [1.165, 1.54) is 26.2 Å². The first-order valence-electron chi connectivity index (χ1n) is 11.2. The standard InChI is InChI=1S/C28H24O8/c1-4-33-24(30)16-15-21-22(27(31)32-3)17-23-26(25(21)34-18(2)29)36-28(35-23,19-11-7-5-8-12-19)20-13-9-6-10-14-20/h5-17H,4H2,1-3H3/b16-15+. The Morgan fingerprint density at radius 2 is 1.56 bits per heavy atom. The van der Waals surface area contributed by atoms with Gasteiger partial charge in [0.15, 0.2) is 11.5 Å². The molecule has 3 aromatic carbocycles. The Labute approximate surface area is 208 Å². The Balaban J connectivity index is 1.96. The van der Waals surface area contributed by atoms with Crippen molar-refractivity contribution >= 4 is 24.0 Å². The predicted molar refractivity (Wildman–Crippen MR) is 130 cm³/mol. The van der Waals surface area contributed by atoms with Gasteiger partial charge in [0.2, 0.25) is 5.75 Å². The molecule has 0 spiro atoms. The molecule has 0 bridgehead atoms. The Morgan fingerprint density at radius 3 is 2.08 bits per heavy atom. The number of hydrogen-bond acceptors (Lipinski definition) is 8. The van der Waals surface area contributed by atoms with Crippen molar-refractivity contribution in [3.63, 3.8) is 0 Å². The van der Waals surface area contributed by atoms with E-state index in [2.05, 4.69) is 0 Å². The highest BCUT2D eigenvalue weighted by Gasteiger charge is 2.48. The van der Waals surface area contributed by atoms with Crippen molar-refractivity contribution in [1.29, 1.82) is 0 Å². The monoisotopic (exact) mass is 488 g/mol. The fourth-order valence-corrected chi connectivity index (χ4v) is 3.87. The molecular weight excluding hydrogens is 464 g/mol. The van der Waals surface area contributed by atoms with E-state index in [0.29, 0.717) is 11.1 Å². The molecule has 0 unspecified atom stereocenters. The van der Waals surface area contributed by atoms with Crippen LogP contribution in [0.1, 0.15) is 40.9 Å². The second-order valence-corrected chi connectivity index (χ2v) is 7.72. The minimum Gasteiger partial charge on any atom is -0.465 e. The maximum Gasteiger partial charge on any atom is 0.338 e. The van der Waals surface area contributed by atoms with Crippen LogP contribution >= 0.6 is 0 Å². The second-order valence-electron chi connectivity index (χ2n) is 7.72. The summed E-state index contributed by atoms with van der Waals surface area (Å²) in [5.41, 5.74) is 1.45. The minimum atomic E-state index is -1.43. The van der Waals surface area contributed by atoms with Crippen LogP contribution in [0.25, 0.3) is 6.08 Å². The SMILES string of the molecule is CCOC(=O)/C=C/c1c(C(=O)OC)cc2c(c1OC(C)=O)OC(c1ccccc1)(c1ccccc1)O2. The molecule has 1 heterocycles. The van der Waals surface area contributed by atoms with Crippen molar-refractivity contribution in [2.75, 3.05) is 13.7 Å². The zero-order chi connectivity index (χ0) is 25.7. The number of esters is 3. The third-order valence-electron chi connectivity index (χ3n) is 5.37.